The summed E-state index contributed by atoms with van der Waals surface area (Å²) in [5.41, 5.74) is 2.35. The molecule has 6 nitrogen and oxygen atoms in total. The van der Waals surface area contributed by atoms with Crippen LogP contribution in [0, 0.1) is 5.92 Å². The second-order valence-electron chi connectivity index (χ2n) is 6.80. The largest absolute Gasteiger partial charge is 0.458 e. The van der Waals surface area contributed by atoms with Gasteiger partial charge in [0.15, 0.2) is 0 Å². The third-order valence-corrected chi connectivity index (χ3v) is 5.11. The van der Waals surface area contributed by atoms with E-state index in [1.807, 2.05) is 67.8 Å². The lowest BCUT2D eigenvalue weighted by Crippen LogP contribution is -2.47. The number of anilines is 1. The number of benzene rings is 2. The normalized spacial score (nSPS) is 11.7. The lowest BCUT2D eigenvalue weighted by Gasteiger charge is -2.21. The molecule has 0 radical (unpaired) electrons. The van der Waals surface area contributed by atoms with Crippen molar-refractivity contribution in [3.05, 3.63) is 71.7 Å². The van der Waals surface area contributed by atoms with Crippen molar-refractivity contribution >= 4 is 29.0 Å². The Morgan fingerprint density at radius 2 is 1.69 bits per heavy atom. The molecule has 0 aliphatic carbocycles. The van der Waals surface area contributed by atoms with Crippen LogP contribution in [0.5, 0.6) is 0 Å². The Kier molecular flexibility index (Phi) is 6.97. The van der Waals surface area contributed by atoms with Crippen LogP contribution in [0.3, 0.4) is 0 Å². The molecule has 3 rings (SSSR count). The molecule has 3 aromatic rings. The number of para-hydroxylation sites is 1. The van der Waals surface area contributed by atoms with Crippen LogP contribution in [0.1, 0.15) is 19.5 Å². The highest BCUT2D eigenvalue weighted by Crippen LogP contribution is 2.23. The number of carbonyl (C=O) groups is 2. The fourth-order valence-electron chi connectivity index (χ4n) is 2.65. The van der Waals surface area contributed by atoms with E-state index in [2.05, 4.69) is 15.6 Å². The molecule has 0 aliphatic heterocycles. The first-order valence-electron chi connectivity index (χ1n) is 9.32. The van der Waals surface area contributed by atoms with E-state index in [0.29, 0.717) is 11.4 Å². The number of amides is 2. The molecule has 1 aromatic heterocycles. The molecule has 0 aliphatic rings. The molecule has 29 heavy (non-hydrogen) atoms. The SMILES string of the molecule is CC(C)[C@@H](NC(=O)Nc1ccccc1)C(=O)OCc1csc(-c2ccccc2)n1. The Hall–Kier alpha value is -3.19. The molecule has 0 spiro atoms. The Morgan fingerprint density at radius 3 is 2.34 bits per heavy atom. The molecule has 0 saturated heterocycles. The van der Waals surface area contributed by atoms with E-state index in [-0.39, 0.29) is 12.5 Å². The van der Waals surface area contributed by atoms with Crippen LogP contribution in [0.4, 0.5) is 10.5 Å². The van der Waals surface area contributed by atoms with Crippen molar-refractivity contribution < 1.29 is 14.3 Å². The molecule has 0 saturated carbocycles. The van der Waals surface area contributed by atoms with Gasteiger partial charge in [-0.3, -0.25) is 0 Å². The van der Waals surface area contributed by atoms with E-state index < -0.39 is 18.0 Å². The zero-order chi connectivity index (χ0) is 20.6. The lowest BCUT2D eigenvalue weighted by atomic mass is 10.1. The third-order valence-electron chi connectivity index (χ3n) is 4.17. The van der Waals surface area contributed by atoms with Gasteiger partial charge < -0.3 is 15.4 Å². The number of thiazole rings is 1. The summed E-state index contributed by atoms with van der Waals surface area (Å²) in [7, 11) is 0. The van der Waals surface area contributed by atoms with E-state index in [0.717, 1.165) is 10.6 Å². The van der Waals surface area contributed by atoms with E-state index in [1.54, 1.807) is 12.1 Å². The first-order valence-corrected chi connectivity index (χ1v) is 10.2. The second-order valence-corrected chi connectivity index (χ2v) is 7.66. The molecule has 1 atom stereocenters. The monoisotopic (exact) mass is 409 g/mol. The van der Waals surface area contributed by atoms with Crippen LogP contribution in [0.15, 0.2) is 66.0 Å². The zero-order valence-electron chi connectivity index (χ0n) is 16.3. The Balaban J connectivity index is 1.56. The molecule has 2 N–H and O–H groups in total. The Labute approximate surface area is 173 Å². The molecule has 7 heteroatoms. The molecule has 0 bridgehead atoms. The summed E-state index contributed by atoms with van der Waals surface area (Å²) in [6, 6.07) is 17.7. The number of ether oxygens (including phenoxy) is 1. The summed E-state index contributed by atoms with van der Waals surface area (Å²) in [6.45, 7) is 3.77. The van der Waals surface area contributed by atoms with Crippen molar-refractivity contribution in [1.29, 1.82) is 0 Å². The number of aromatic nitrogens is 1. The minimum atomic E-state index is -0.758. The van der Waals surface area contributed by atoms with Crippen LogP contribution in [0.2, 0.25) is 0 Å². The first-order chi connectivity index (χ1) is 14.0. The van der Waals surface area contributed by atoms with Crippen molar-refractivity contribution in [2.45, 2.75) is 26.5 Å². The van der Waals surface area contributed by atoms with Crippen molar-refractivity contribution in [3.63, 3.8) is 0 Å². The van der Waals surface area contributed by atoms with Gasteiger partial charge >= 0.3 is 12.0 Å². The molecule has 0 fully saturated rings. The predicted octanol–water partition coefficient (Wildman–Crippen LogP) is 4.70. The Bertz CT molecular complexity index is 942. The fourth-order valence-corrected chi connectivity index (χ4v) is 3.46. The smallest absolute Gasteiger partial charge is 0.329 e. The topological polar surface area (TPSA) is 80.3 Å². The molecule has 2 amide bonds. The molecular weight excluding hydrogens is 386 g/mol. The quantitative estimate of drug-likeness (QED) is 0.554. The van der Waals surface area contributed by atoms with E-state index in [4.69, 9.17) is 4.74 Å². The number of urea groups is 1. The van der Waals surface area contributed by atoms with Gasteiger partial charge in [-0.05, 0) is 18.1 Å². The lowest BCUT2D eigenvalue weighted by molar-refractivity contribution is -0.148. The van der Waals surface area contributed by atoms with Gasteiger partial charge in [0, 0.05) is 16.6 Å². The van der Waals surface area contributed by atoms with Crippen molar-refractivity contribution in [2.75, 3.05) is 5.32 Å². The van der Waals surface area contributed by atoms with Crippen molar-refractivity contribution in [3.8, 4) is 10.6 Å². The summed E-state index contributed by atoms with van der Waals surface area (Å²) < 4.78 is 5.41. The number of carbonyl (C=O) groups excluding carboxylic acids is 2. The van der Waals surface area contributed by atoms with Crippen LogP contribution < -0.4 is 10.6 Å². The van der Waals surface area contributed by atoms with Crippen LogP contribution in [-0.4, -0.2) is 23.0 Å². The first kappa shape index (κ1) is 20.5. The van der Waals surface area contributed by atoms with Crippen LogP contribution >= 0.6 is 11.3 Å². The zero-order valence-corrected chi connectivity index (χ0v) is 17.1. The van der Waals surface area contributed by atoms with Gasteiger partial charge in [0.25, 0.3) is 0 Å². The highest BCUT2D eigenvalue weighted by atomic mass is 32.1. The summed E-state index contributed by atoms with van der Waals surface area (Å²) >= 11 is 1.50. The summed E-state index contributed by atoms with van der Waals surface area (Å²) in [5.74, 6) is -0.614. The number of rotatable bonds is 7. The number of nitrogens with zero attached hydrogens (tertiary/aromatic N) is 1. The van der Waals surface area contributed by atoms with E-state index >= 15 is 0 Å². The summed E-state index contributed by atoms with van der Waals surface area (Å²) in [5, 5.41) is 8.14. The van der Waals surface area contributed by atoms with E-state index in [1.165, 1.54) is 11.3 Å². The molecular formula is C22H23N3O3S. The van der Waals surface area contributed by atoms with Gasteiger partial charge in [0.1, 0.15) is 17.7 Å². The number of nitrogens with one attached hydrogen (secondary N) is 2. The minimum Gasteiger partial charge on any atom is -0.458 e. The molecule has 0 unspecified atom stereocenters. The molecule has 150 valence electrons. The van der Waals surface area contributed by atoms with Crippen molar-refractivity contribution in [1.82, 2.24) is 10.3 Å². The van der Waals surface area contributed by atoms with Gasteiger partial charge in [-0.1, -0.05) is 62.4 Å². The predicted molar refractivity (Wildman–Crippen MR) is 115 cm³/mol. The van der Waals surface area contributed by atoms with Crippen LogP contribution in [0.25, 0.3) is 10.6 Å². The van der Waals surface area contributed by atoms with E-state index in [9.17, 15) is 9.59 Å². The van der Waals surface area contributed by atoms with Gasteiger partial charge in [-0.2, -0.15) is 0 Å². The summed E-state index contributed by atoms with van der Waals surface area (Å²) in [4.78, 5) is 29.3. The van der Waals surface area contributed by atoms with Gasteiger partial charge in [-0.15, -0.1) is 11.3 Å². The van der Waals surface area contributed by atoms with Crippen LogP contribution in [-0.2, 0) is 16.1 Å². The average molecular weight is 410 g/mol. The minimum absolute atomic E-state index is 0.0629. The molecule has 1 heterocycles. The standard InChI is InChI=1S/C22H23N3O3S/c1-15(2)19(25-22(27)24-17-11-7-4-8-12-17)21(26)28-13-18-14-29-20(23-18)16-9-5-3-6-10-16/h3-12,14-15,19H,13H2,1-2H3,(H2,24,25,27)/t19-/m1/s1. The highest BCUT2D eigenvalue weighted by molar-refractivity contribution is 7.13. The molecule has 2 aromatic carbocycles. The number of hydrogen-bond acceptors (Lipinski definition) is 5. The number of hydrogen-bond donors (Lipinski definition) is 2. The Morgan fingerprint density at radius 1 is 1.03 bits per heavy atom. The third kappa shape index (κ3) is 5.89. The second kappa shape index (κ2) is 9.84. The van der Waals surface area contributed by atoms with Gasteiger partial charge in [-0.25, -0.2) is 14.6 Å². The van der Waals surface area contributed by atoms with Gasteiger partial charge in [0.05, 0.1) is 5.69 Å². The average Bonchev–Trinajstić information content (AvgIpc) is 3.20. The summed E-state index contributed by atoms with van der Waals surface area (Å²) in [6.07, 6.45) is 0. The fraction of sp³-hybridized carbons (Fsp3) is 0.227. The van der Waals surface area contributed by atoms with Gasteiger partial charge in [0.2, 0.25) is 0 Å². The maximum atomic E-state index is 12.5. The maximum absolute atomic E-state index is 12.5. The maximum Gasteiger partial charge on any atom is 0.329 e. The number of esters is 1. The highest BCUT2D eigenvalue weighted by Gasteiger charge is 2.26. The van der Waals surface area contributed by atoms with Crippen molar-refractivity contribution in [2.24, 2.45) is 5.92 Å².